The number of esters is 1. The summed E-state index contributed by atoms with van der Waals surface area (Å²) >= 11 is 0. The third kappa shape index (κ3) is 3.90. The number of benzene rings is 1. The van der Waals surface area contributed by atoms with E-state index in [4.69, 9.17) is 10.6 Å². The maximum absolute atomic E-state index is 12.7. The van der Waals surface area contributed by atoms with Crippen LogP contribution in [0.15, 0.2) is 24.3 Å². The molecule has 0 amide bonds. The van der Waals surface area contributed by atoms with E-state index in [2.05, 4.69) is 5.43 Å². The van der Waals surface area contributed by atoms with E-state index in [0.717, 1.165) is 0 Å². The second-order valence-electron chi connectivity index (χ2n) is 3.62. The van der Waals surface area contributed by atoms with Crippen molar-refractivity contribution < 1.29 is 18.7 Å². The lowest BCUT2D eigenvalue weighted by Gasteiger charge is -2.13. The van der Waals surface area contributed by atoms with Gasteiger partial charge in [-0.05, 0) is 24.6 Å². The molecule has 0 radical (unpaired) electrons. The number of carbonyl (C=O) groups excluding carboxylic acids is 2. The van der Waals surface area contributed by atoms with Crippen molar-refractivity contribution in [2.24, 2.45) is 5.84 Å². The van der Waals surface area contributed by atoms with E-state index >= 15 is 0 Å². The molecule has 1 aromatic carbocycles. The van der Waals surface area contributed by atoms with Gasteiger partial charge in [0, 0.05) is 6.42 Å². The van der Waals surface area contributed by atoms with E-state index in [1.54, 1.807) is 6.92 Å². The number of rotatable bonds is 6. The Morgan fingerprint density at radius 3 is 2.50 bits per heavy atom. The first-order valence-corrected chi connectivity index (χ1v) is 5.48. The Labute approximate surface area is 104 Å². The van der Waals surface area contributed by atoms with Crippen LogP contribution in [0.2, 0.25) is 0 Å². The molecule has 5 nitrogen and oxygen atoms in total. The van der Waals surface area contributed by atoms with E-state index in [1.165, 1.54) is 24.3 Å². The smallest absolute Gasteiger partial charge is 0.332 e. The van der Waals surface area contributed by atoms with Crippen molar-refractivity contribution >= 4 is 11.8 Å². The van der Waals surface area contributed by atoms with Crippen LogP contribution < -0.4 is 11.3 Å². The van der Waals surface area contributed by atoms with Crippen molar-refractivity contribution in [3.05, 3.63) is 35.6 Å². The zero-order chi connectivity index (χ0) is 13.5. The van der Waals surface area contributed by atoms with Gasteiger partial charge in [0.05, 0.1) is 6.61 Å². The Balaban J connectivity index is 2.67. The van der Waals surface area contributed by atoms with Gasteiger partial charge >= 0.3 is 5.97 Å². The lowest BCUT2D eigenvalue weighted by Crippen LogP contribution is -2.48. The molecule has 1 aromatic rings. The van der Waals surface area contributed by atoms with Gasteiger partial charge in [-0.1, -0.05) is 12.1 Å². The maximum atomic E-state index is 12.7. The standard InChI is InChI=1S/C12H15FN2O3/c1-2-18-12(17)11(15-14)10(16)7-8-3-5-9(13)6-4-8/h3-6,11,15H,2,7,14H2,1H3. The van der Waals surface area contributed by atoms with Gasteiger partial charge in [0.25, 0.3) is 0 Å². The molecule has 0 aliphatic rings. The topological polar surface area (TPSA) is 81.4 Å². The Bertz CT molecular complexity index is 420. The largest absolute Gasteiger partial charge is 0.464 e. The minimum Gasteiger partial charge on any atom is -0.464 e. The van der Waals surface area contributed by atoms with Crippen LogP contribution in [0.25, 0.3) is 0 Å². The first-order chi connectivity index (χ1) is 8.58. The van der Waals surface area contributed by atoms with Gasteiger partial charge in [0.15, 0.2) is 11.8 Å². The number of nitrogens with one attached hydrogen (secondary N) is 1. The van der Waals surface area contributed by atoms with Crippen LogP contribution in [0.4, 0.5) is 4.39 Å². The Morgan fingerprint density at radius 1 is 1.39 bits per heavy atom. The molecular weight excluding hydrogens is 239 g/mol. The fourth-order valence-electron chi connectivity index (χ4n) is 1.42. The summed E-state index contributed by atoms with van der Waals surface area (Å²) in [5, 5.41) is 0. The summed E-state index contributed by atoms with van der Waals surface area (Å²) in [6, 6.07) is 4.25. The SMILES string of the molecule is CCOC(=O)C(NN)C(=O)Cc1ccc(F)cc1. The molecule has 0 saturated carbocycles. The minimum atomic E-state index is -1.20. The molecular formula is C12H15FN2O3. The average Bonchev–Trinajstić information content (AvgIpc) is 2.33. The molecule has 0 spiro atoms. The number of Topliss-reactive ketones (excluding diaryl/α,β-unsaturated/α-hetero) is 1. The molecule has 0 aliphatic heterocycles. The number of halogens is 1. The molecule has 1 atom stereocenters. The summed E-state index contributed by atoms with van der Waals surface area (Å²) < 4.78 is 17.4. The second-order valence-corrected chi connectivity index (χ2v) is 3.62. The predicted molar refractivity (Wildman–Crippen MR) is 62.9 cm³/mol. The van der Waals surface area contributed by atoms with Gasteiger partial charge in [-0.25, -0.2) is 14.6 Å². The molecule has 98 valence electrons. The fourth-order valence-corrected chi connectivity index (χ4v) is 1.42. The number of ketones is 1. The molecule has 0 bridgehead atoms. The zero-order valence-corrected chi connectivity index (χ0v) is 9.98. The fraction of sp³-hybridized carbons (Fsp3) is 0.333. The van der Waals surface area contributed by atoms with E-state index in [-0.39, 0.29) is 18.8 Å². The molecule has 0 saturated heterocycles. The normalized spacial score (nSPS) is 11.9. The summed E-state index contributed by atoms with van der Waals surface area (Å²) in [5.41, 5.74) is 2.72. The third-order valence-electron chi connectivity index (χ3n) is 2.30. The van der Waals surface area contributed by atoms with Gasteiger partial charge in [0.2, 0.25) is 0 Å². The summed E-state index contributed by atoms with van der Waals surface area (Å²) in [5.74, 6) is 3.62. The quantitative estimate of drug-likeness (QED) is 0.331. The lowest BCUT2D eigenvalue weighted by molar-refractivity contribution is -0.148. The molecule has 0 aliphatic carbocycles. The highest BCUT2D eigenvalue weighted by Crippen LogP contribution is 2.05. The minimum absolute atomic E-state index is 0.0199. The number of hydrogen-bond acceptors (Lipinski definition) is 5. The Hall–Kier alpha value is -1.79. The highest BCUT2D eigenvalue weighted by Gasteiger charge is 2.26. The number of carbonyl (C=O) groups is 2. The van der Waals surface area contributed by atoms with E-state index in [1.807, 2.05) is 0 Å². The number of ether oxygens (including phenoxy) is 1. The molecule has 0 heterocycles. The molecule has 0 fully saturated rings. The highest BCUT2D eigenvalue weighted by atomic mass is 19.1. The van der Waals surface area contributed by atoms with Gasteiger partial charge in [-0.3, -0.25) is 10.6 Å². The van der Waals surface area contributed by atoms with Crippen LogP contribution in [0.1, 0.15) is 12.5 Å². The summed E-state index contributed by atoms with van der Waals surface area (Å²) in [4.78, 5) is 23.2. The van der Waals surface area contributed by atoms with Crippen molar-refractivity contribution in [2.45, 2.75) is 19.4 Å². The van der Waals surface area contributed by atoms with Crippen molar-refractivity contribution in [3.8, 4) is 0 Å². The van der Waals surface area contributed by atoms with Gasteiger partial charge in [-0.15, -0.1) is 0 Å². The highest BCUT2D eigenvalue weighted by molar-refractivity contribution is 6.03. The van der Waals surface area contributed by atoms with Crippen LogP contribution in [-0.2, 0) is 20.7 Å². The van der Waals surface area contributed by atoms with Crippen LogP contribution in [0.5, 0.6) is 0 Å². The molecule has 1 unspecified atom stereocenters. The molecule has 1 rings (SSSR count). The Kier molecular flexibility index (Phi) is 5.41. The van der Waals surface area contributed by atoms with Gasteiger partial charge in [-0.2, -0.15) is 0 Å². The molecule has 6 heteroatoms. The van der Waals surface area contributed by atoms with Crippen LogP contribution in [-0.4, -0.2) is 24.4 Å². The van der Waals surface area contributed by atoms with Crippen molar-refractivity contribution in [2.75, 3.05) is 6.61 Å². The zero-order valence-electron chi connectivity index (χ0n) is 9.98. The van der Waals surface area contributed by atoms with Gasteiger partial charge in [0.1, 0.15) is 5.82 Å². The molecule has 3 N–H and O–H groups in total. The average molecular weight is 254 g/mol. The maximum Gasteiger partial charge on any atom is 0.332 e. The monoisotopic (exact) mass is 254 g/mol. The van der Waals surface area contributed by atoms with Crippen molar-refractivity contribution in [1.82, 2.24) is 5.43 Å². The van der Waals surface area contributed by atoms with Crippen LogP contribution >= 0.6 is 0 Å². The Morgan fingerprint density at radius 2 is 2.00 bits per heavy atom. The van der Waals surface area contributed by atoms with Crippen LogP contribution in [0.3, 0.4) is 0 Å². The summed E-state index contributed by atoms with van der Waals surface area (Å²) in [6.07, 6.45) is -0.0199. The van der Waals surface area contributed by atoms with Crippen LogP contribution in [0, 0.1) is 5.82 Å². The summed E-state index contributed by atoms with van der Waals surface area (Å²) in [6.45, 7) is 1.80. The van der Waals surface area contributed by atoms with Crippen molar-refractivity contribution in [3.63, 3.8) is 0 Å². The molecule has 18 heavy (non-hydrogen) atoms. The summed E-state index contributed by atoms with van der Waals surface area (Å²) in [7, 11) is 0. The lowest BCUT2D eigenvalue weighted by atomic mass is 10.0. The predicted octanol–water partition coefficient (Wildman–Crippen LogP) is 0.332. The first-order valence-electron chi connectivity index (χ1n) is 5.48. The second kappa shape index (κ2) is 6.83. The van der Waals surface area contributed by atoms with E-state index in [0.29, 0.717) is 5.56 Å². The van der Waals surface area contributed by atoms with E-state index in [9.17, 15) is 14.0 Å². The third-order valence-corrected chi connectivity index (χ3v) is 2.30. The number of hydrazine groups is 1. The first kappa shape index (κ1) is 14.3. The van der Waals surface area contributed by atoms with E-state index < -0.39 is 17.8 Å². The van der Waals surface area contributed by atoms with Crippen molar-refractivity contribution in [1.29, 1.82) is 0 Å². The number of hydrogen-bond donors (Lipinski definition) is 2. The number of nitrogens with two attached hydrogens (primary N) is 1. The van der Waals surface area contributed by atoms with Gasteiger partial charge < -0.3 is 4.74 Å². The molecule has 0 aromatic heterocycles.